The minimum atomic E-state index is -0.741. The van der Waals surface area contributed by atoms with Crippen LogP contribution in [0.2, 0.25) is 0 Å². The quantitative estimate of drug-likeness (QED) is 0.339. The number of thiophene rings is 1. The summed E-state index contributed by atoms with van der Waals surface area (Å²) in [6.45, 7) is 0. The Morgan fingerprint density at radius 2 is 2.27 bits per heavy atom. The Labute approximate surface area is 91.9 Å². The fourth-order valence-corrected chi connectivity index (χ4v) is 2.15. The molecule has 2 N–H and O–H groups in total. The van der Waals surface area contributed by atoms with Crippen molar-refractivity contribution in [2.75, 3.05) is 0 Å². The number of aliphatic carboxylic acids is 1. The summed E-state index contributed by atoms with van der Waals surface area (Å²) in [6, 6.07) is 3.86. The summed E-state index contributed by atoms with van der Waals surface area (Å²) in [6.07, 6.45) is 4.10. The first kappa shape index (κ1) is 11.7. The van der Waals surface area contributed by atoms with Crippen molar-refractivity contribution in [2.24, 2.45) is 5.16 Å². The van der Waals surface area contributed by atoms with E-state index >= 15 is 0 Å². The number of carboxylic acid groups (broad SMARTS) is 1. The van der Waals surface area contributed by atoms with Crippen LogP contribution in [-0.2, 0) is 11.2 Å². The Morgan fingerprint density at radius 1 is 1.47 bits per heavy atom. The van der Waals surface area contributed by atoms with E-state index in [-0.39, 0.29) is 6.42 Å². The number of hydrogen-bond acceptors (Lipinski definition) is 4. The number of unbranched alkanes of at least 4 members (excludes halogenated alkanes) is 1. The molecule has 0 saturated carbocycles. The number of carboxylic acids is 1. The molecule has 0 radical (unpaired) electrons. The molecule has 1 aromatic heterocycles. The second-order valence-electron chi connectivity index (χ2n) is 3.15. The van der Waals surface area contributed by atoms with E-state index in [1.807, 2.05) is 12.1 Å². The molecule has 0 saturated heterocycles. The Balaban J connectivity index is 2.28. The van der Waals surface area contributed by atoms with Gasteiger partial charge in [0.05, 0.1) is 6.21 Å². The van der Waals surface area contributed by atoms with E-state index in [0.29, 0.717) is 6.42 Å². The summed E-state index contributed by atoms with van der Waals surface area (Å²) in [5, 5.41) is 19.7. The van der Waals surface area contributed by atoms with Gasteiger partial charge in [-0.3, -0.25) is 4.79 Å². The SMILES string of the molecule is O=C(O)CCCCc1ccc(/C=N\O)s1. The molecule has 4 nitrogen and oxygen atoms in total. The molecule has 0 fully saturated rings. The zero-order chi connectivity index (χ0) is 11.1. The third-order valence-electron chi connectivity index (χ3n) is 1.93. The smallest absolute Gasteiger partial charge is 0.303 e. The van der Waals surface area contributed by atoms with Crippen molar-refractivity contribution in [3.63, 3.8) is 0 Å². The molecule has 82 valence electrons. The molecule has 0 spiro atoms. The van der Waals surface area contributed by atoms with Gasteiger partial charge in [0.25, 0.3) is 0 Å². The molecule has 0 aliphatic heterocycles. The lowest BCUT2D eigenvalue weighted by Gasteiger charge is -1.95. The Morgan fingerprint density at radius 3 is 2.93 bits per heavy atom. The highest BCUT2D eigenvalue weighted by molar-refractivity contribution is 7.13. The monoisotopic (exact) mass is 227 g/mol. The summed E-state index contributed by atoms with van der Waals surface area (Å²) in [7, 11) is 0. The summed E-state index contributed by atoms with van der Waals surface area (Å²) < 4.78 is 0. The van der Waals surface area contributed by atoms with Crippen LogP contribution in [0.4, 0.5) is 0 Å². The zero-order valence-corrected chi connectivity index (χ0v) is 9.04. The lowest BCUT2D eigenvalue weighted by Crippen LogP contribution is -1.94. The standard InChI is InChI=1S/C10H13NO3S/c12-10(13)4-2-1-3-8-5-6-9(15-8)7-11-14/h5-7,14H,1-4H2,(H,12,13)/b11-7-. The van der Waals surface area contributed by atoms with Gasteiger partial charge in [0.1, 0.15) is 0 Å². The first-order chi connectivity index (χ1) is 7.22. The number of nitrogens with zero attached hydrogens (tertiary/aromatic N) is 1. The molecule has 5 heteroatoms. The molecule has 0 aliphatic carbocycles. The van der Waals surface area contributed by atoms with Gasteiger partial charge in [-0.15, -0.1) is 11.3 Å². The van der Waals surface area contributed by atoms with Crippen molar-refractivity contribution >= 4 is 23.5 Å². The van der Waals surface area contributed by atoms with Crippen molar-refractivity contribution < 1.29 is 15.1 Å². The van der Waals surface area contributed by atoms with Gasteiger partial charge < -0.3 is 10.3 Å². The van der Waals surface area contributed by atoms with Gasteiger partial charge in [-0.2, -0.15) is 0 Å². The van der Waals surface area contributed by atoms with Gasteiger partial charge in [-0.05, 0) is 31.4 Å². The minimum Gasteiger partial charge on any atom is -0.481 e. The maximum atomic E-state index is 10.3. The van der Waals surface area contributed by atoms with E-state index in [1.54, 1.807) is 11.3 Å². The average Bonchev–Trinajstić information content (AvgIpc) is 2.61. The van der Waals surface area contributed by atoms with E-state index in [1.165, 1.54) is 11.1 Å². The largest absolute Gasteiger partial charge is 0.481 e. The zero-order valence-electron chi connectivity index (χ0n) is 8.22. The minimum absolute atomic E-state index is 0.232. The fourth-order valence-electron chi connectivity index (χ4n) is 1.23. The lowest BCUT2D eigenvalue weighted by molar-refractivity contribution is -0.137. The van der Waals surface area contributed by atoms with Crippen molar-refractivity contribution in [2.45, 2.75) is 25.7 Å². The van der Waals surface area contributed by atoms with Crippen LogP contribution in [0.1, 0.15) is 29.0 Å². The molecule has 0 bridgehead atoms. The molecule has 0 amide bonds. The summed E-state index contributed by atoms with van der Waals surface area (Å²) in [5.74, 6) is -0.741. The Kier molecular flexibility index (Phi) is 4.83. The maximum absolute atomic E-state index is 10.3. The summed E-state index contributed by atoms with van der Waals surface area (Å²) in [5.41, 5.74) is 0. The second kappa shape index (κ2) is 6.19. The first-order valence-corrected chi connectivity index (χ1v) is 5.52. The highest BCUT2D eigenvalue weighted by Crippen LogP contribution is 2.17. The average molecular weight is 227 g/mol. The predicted octanol–water partition coefficient (Wildman–Crippen LogP) is 2.35. The molecule has 1 heterocycles. The Bertz CT molecular complexity index is 346. The molecule has 0 aromatic carbocycles. The number of carbonyl (C=O) groups is 1. The molecule has 0 atom stereocenters. The van der Waals surface area contributed by atoms with Crippen LogP contribution in [0.25, 0.3) is 0 Å². The van der Waals surface area contributed by atoms with Crippen LogP contribution in [0.5, 0.6) is 0 Å². The van der Waals surface area contributed by atoms with Crippen molar-refractivity contribution in [1.29, 1.82) is 0 Å². The topological polar surface area (TPSA) is 69.9 Å². The lowest BCUT2D eigenvalue weighted by atomic mass is 10.2. The van der Waals surface area contributed by atoms with Crippen molar-refractivity contribution in [3.05, 3.63) is 21.9 Å². The maximum Gasteiger partial charge on any atom is 0.303 e. The third kappa shape index (κ3) is 4.60. The normalized spacial score (nSPS) is 10.9. The first-order valence-electron chi connectivity index (χ1n) is 4.70. The van der Waals surface area contributed by atoms with Crippen LogP contribution >= 0.6 is 11.3 Å². The molecule has 1 rings (SSSR count). The van der Waals surface area contributed by atoms with Crippen LogP contribution in [-0.4, -0.2) is 22.5 Å². The number of aryl methyl sites for hydroxylation is 1. The van der Waals surface area contributed by atoms with Crippen LogP contribution in [0.15, 0.2) is 17.3 Å². The molecule has 0 unspecified atom stereocenters. The van der Waals surface area contributed by atoms with E-state index in [0.717, 1.165) is 17.7 Å². The second-order valence-corrected chi connectivity index (χ2v) is 4.35. The van der Waals surface area contributed by atoms with Gasteiger partial charge >= 0.3 is 5.97 Å². The Hall–Kier alpha value is -1.36. The van der Waals surface area contributed by atoms with Crippen molar-refractivity contribution in [3.8, 4) is 0 Å². The van der Waals surface area contributed by atoms with E-state index in [2.05, 4.69) is 5.16 Å². The van der Waals surface area contributed by atoms with E-state index in [4.69, 9.17) is 10.3 Å². The molecule has 0 aliphatic rings. The van der Waals surface area contributed by atoms with Crippen molar-refractivity contribution in [1.82, 2.24) is 0 Å². The number of oxime groups is 1. The molecule has 15 heavy (non-hydrogen) atoms. The van der Waals surface area contributed by atoms with Gasteiger partial charge in [0, 0.05) is 16.2 Å². The third-order valence-corrected chi connectivity index (χ3v) is 3.01. The van der Waals surface area contributed by atoms with E-state index < -0.39 is 5.97 Å². The number of hydrogen-bond donors (Lipinski definition) is 2. The van der Waals surface area contributed by atoms with Crippen LogP contribution in [0.3, 0.4) is 0 Å². The van der Waals surface area contributed by atoms with Gasteiger partial charge in [-0.1, -0.05) is 5.16 Å². The summed E-state index contributed by atoms with van der Waals surface area (Å²) >= 11 is 1.56. The molecular weight excluding hydrogens is 214 g/mol. The van der Waals surface area contributed by atoms with E-state index in [9.17, 15) is 4.79 Å². The fraction of sp³-hybridized carbons (Fsp3) is 0.400. The predicted molar refractivity (Wildman–Crippen MR) is 58.9 cm³/mol. The van der Waals surface area contributed by atoms with Crippen LogP contribution in [0, 0.1) is 0 Å². The number of rotatable bonds is 6. The molecule has 1 aromatic rings. The van der Waals surface area contributed by atoms with Gasteiger partial charge in [0.15, 0.2) is 0 Å². The highest BCUT2D eigenvalue weighted by atomic mass is 32.1. The molecular formula is C10H13NO3S. The summed E-state index contributed by atoms with van der Waals surface area (Å²) in [4.78, 5) is 12.4. The van der Waals surface area contributed by atoms with Crippen LogP contribution < -0.4 is 0 Å². The highest BCUT2D eigenvalue weighted by Gasteiger charge is 2.00. The van der Waals surface area contributed by atoms with Gasteiger partial charge in [-0.25, -0.2) is 0 Å². The van der Waals surface area contributed by atoms with Gasteiger partial charge in [0.2, 0.25) is 0 Å².